The first-order valence-corrected chi connectivity index (χ1v) is 6.70. The van der Waals surface area contributed by atoms with Crippen LogP contribution in [-0.2, 0) is 0 Å². The number of rotatable bonds is 6. The zero-order valence-corrected chi connectivity index (χ0v) is 11.5. The third-order valence-corrected chi connectivity index (χ3v) is 3.13. The van der Waals surface area contributed by atoms with Crippen LogP contribution in [0, 0.1) is 0 Å². The van der Waals surface area contributed by atoms with Crippen LogP contribution in [0.4, 0.5) is 5.69 Å². The van der Waals surface area contributed by atoms with Crippen molar-refractivity contribution in [3.63, 3.8) is 0 Å². The number of hydrogen-bond acceptors (Lipinski definition) is 5. The molecule has 5 heteroatoms. The van der Waals surface area contributed by atoms with Crippen molar-refractivity contribution >= 4 is 5.69 Å². The van der Waals surface area contributed by atoms with E-state index in [2.05, 4.69) is 0 Å². The fourth-order valence-electron chi connectivity index (χ4n) is 1.92. The molecule has 0 aliphatic carbocycles. The highest BCUT2D eigenvalue weighted by molar-refractivity contribution is 5.43. The van der Waals surface area contributed by atoms with Gasteiger partial charge in [0.2, 0.25) is 0 Å². The molecule has 0 amide bonds. The van der Waals surface area contributed by atoms with Crippen molar-refractivity contribution in [1.29, 1.82) is 0 Å². The summed E-state index contributed by atoms with van der Waals surface area (Å²) in [6, 6.07) is 13.8. The molecule has 0 aromatic heterocycles. The molecule has 0 bridgehead atoms. The third-order valence-electron chi connectivity index (χ3n) is 3.13. The molecule has 0 saturated heterocycles. The smallest absolute Gasteiger partial charge is 0.127 e. The average molecular weight is 289 g/mol. The van der Waals surface area contributed by atoms with E-state index in [0.29, 0.717) is 22.7 Å². The predicted molar refractivity (Wildman–Crippen MR) is 80.0 cm³/mol. The van der Waals surface area contributed by atoms with E-state index in [-0.39, 0.29) is 13.0 Å². The van der Waals surface area contributed by atoms with Crippen LogP contribution >= 0.6 is 0 Å². The molecule has 2 aromatic carbocycles. The summed E-state index contributed by atoms with van der Waals surface area (Å²) in [6.45, 7) is -0.170. The van der Waals surface area contributed by atoms with Gasteiger partial charge in [0.15, 0.2) is 0 Å². The third kappa shape index (κ3) is 4.19. The largest absolute Gasteiger partial charge is 0.457 e. The Kier molecular flexibility index (Phi) is 5.16. The fraction of sp³-hybridized carbons (Fsp3) is 0.250. The van der Waals surface area contributed by atoms with Crippen molar-refractivity contribution < 1.29 is 20.1 Å². The summed E-state index contributed by atoms with van der Waals surface area (Å²) in [5.41, 5.74) is 6.84. The van der Waals surface area contributed by atoms with Gasteiger partial charge < -0.3 is 25.8 Å². The molecule has 0 spiro atoms. The normalized spacial score (nSPS) is 13.7. The van der Waals surface area contributed by atoms with Crippen LogP contribution in [0.1, 0.15) is 18.1 Å². The zero-order chi connectivity index (χ0) is 15.2. The maximum absolute atomic E-state index is 9.92. The Morgan fingerprint density at radius 3 is 1.95 bits per heavy atom. The summed E-state index contributed by atoms with van der Waals surface area (Å²) in [5, 5.41) is 28.3. The molecule has 2 unspecified atom stereocenters. The Bertz CT molecular complexity index is 553. The van der Waals surface area contributed by atoms with Crippen molar-refractivity contribution in [1.82, 2.24) is 0 Å². The van der Waals surface area contributed by atoms with Crippen LogP contribution in [0.5, 0.6) is 11.5 Å². The highest BCUT2D eigenvalue weighted by atomic mass is 16.5. The number of aliphatic hydroxyl groups is 3. The number of benzene rings is 2. The molecule has 2 rings (SSSR count). The number of aliphatic hydroxyl groups excluding tert-OH is 3. The van der Waals surface area contributed by atoms with E-state index in [9.17, 15) is 10.2 Å². The zero-order valence-electron chi connectivity index (χ0n) is 11.5. The van der Waals surface area contributed by atoms with E-state index >= 15 is 0 Å². The lowest BCUT2D eigenvalue weighted by Crippen LogP contribution is -2.19. The predicted octanol–water partition coefficient (Wildman–Crippen LogP) is 1.84. The number of nitrogens with two attached hydrogens (primary N) is 1. The van der Waals surface area contributed by atoms with Crippen LogP contribution in [0.25, 0.3) is 0 Å². The van der Waals surface area contributed by atoms with Gasteiger partial charge in [-0.05, 0) is 48.4 Å². The van der Waals surface area contributed by atoms with E-state index in [1.54, 1.807) is 48.5 Å². The van der Waals surface area contributed by atoms with E-state index in [0.717, 1.165) is 0 Å². The molecule has 5 nitrogen and oxygen atoms in total. The van der Waals surface area contributed by atoms with E-state index < -0.39 is 12.2 Å². The quantitative estimate of drug-likeness (QED) is 0.609. The number of hydrogen-bond donors (Lipinski definition) is 4. The summed E-state index contributed by atoms with van der Waals surface area (Å²) >= 11 is 0. The molecule has 0 saturated carbocycles. The monoisotopic (exact) mass is 289 g/mol. The summed E-state index contributed by atoms with van der Waals surface area (Å²) in [4.78, 5) is 0. The summed E-state index contributed by atoms with van der Waals surface area (Å²) in [5.74, 6) is 1.28. The molecule has 112 valence electrons. The van der Waals surface area contributed by atoms with Gasteiger partial charge in [-0.15, -0.1) is 0 Å². The molecule has 2 atom stereocenters. The van der Waals surface area contributed by atoms with Gasteiger partial charge in [-0.3, -0.25) is 0 Å². The first kappa shape index (κ1) is 15.3. The minimum Gasteiger partial charge on any atom is -0.457 e. The van der Waals surface area contributed by atoms with E-state index in [4.69, 9.17) is 15.6 Å². The van der Waals surface area contributed by atoms with Crippen LogP contribution < -0.4 is 10.5 Å². The second-order valence-electron chi connectivity index (χ2n) is 4.76. The molecule has 0 aliphatic rings. The minimum atomic E-state index is -1.03. The highest BCUT2D eigenvalue weighted by Gasteiger charge is 2.17. The van der Waals surface area contributed by atoms with Gasteiger partial charge in [0.1, 0.15) is 17.6 Å². The maximum atomic E-state index is 9.92. The van der Waals surface area contributed by atoms with Gasteiger partial charge in [-0.1, -0.05) is 12.1 Å². The number of anilines is 1. The van der Waals surface area contributed by atoms with Crippen LogP contribution in [-0.4, -0.2) is 28.0 Å². The highest BCUT2D eigenvalue weighted by Crippen LogP contribution is 2.25. The lowest BCUT2D eigenvalue weighted by molar-refractivity contribution is 0.00420. The summed E-state index contributed by atoms with van der Waals surface area (Å²) in [6.07, 6.45) is -1.88. The van der Waals surface area contributed by atoms with Crippen molar-refractivity contribution in [2.45, 2.75) is 18.6 Å². The maximum Gasteiger partial charge on any atom is 0.127 e. The van der Waals surface area contributed by atoms with Crippen molar-refractivity contribution in [3.05, 3.63) is 54.1 Å². The molecule has 2 aromatic rings. The molecular weight excluding hydrogens is 270 g/mol. The van der Waals surface area contributed by atoms with Gasteiger partial charge in [0.05, 0.1) is 6.10 Å². The molecule has 0 radical (unpaired) electrons. The van der Waals surface area contributed by atoms with Crippen LogP contribution in [0.2, 0.25) is 0 Å². The molecule has 5 N–H and O–H groups in total. The van der Waals surface area contributed by atoms with E-state index in [1.165, 1.54) is 0 Å². The standard InChI is InChI=1S/C16H19NO4/c17-12-3-7-14(8-4-12)21-13-5-1-11(2-6-13)16(20)15(19)9-10-18/h1-8,15-16,18-20H,9-10,17H2. The first-order valence-electron chi connectivity index (χ1n) is 6.70. The second-order valence-corrected chi connectivity index (χ2v) is 4.76. The molecule has 0 aliphatic heterocycles. The molecule has 0 heterocycles. The van der Waals surface area contributed by atoms with Gasteiger partial charge in [-0.25, -0.2) is 0 Å². The summed E-state index contributed by atoms with van der Waals surface area (Å²) in [7, 11) is 0. The van der Waals surface area contributed by atoms with Gasteiger partial charge in [0, 0.05) is 12.3 Å². The second kappa shape index (κ2) is 7.08. The Hall–Kier alpha value is -2.08. The van der Waals surface area contributed by atoms with Crippen molar-refractivity contribution in [2.24, 2.45) is 0 Å². The van der Waals surface area contributed by atoms with Gasteiger partial charge in [-0.2, -0.15) is 0 Å². The lowest BCUT2D eigenvalue weighted by Gasteiger charge is -2.17. The number of nitrogen functional groups attached to an aromatic ring is 1. The Morgan fingerprint density at radius 2 is 1.43 bits per heavy atom. The van der Waals surface area contributed by atoms with Crippen molar-refractivity contribution in [2.75, 3.05) is 12.3 Å². The Morgan fingerprint density at radius 1 is 0.905 bits per heavy atom. The summed E-state index contributed by atoms with van der Waals surface area (Å²) < 4.78 is 5.64. The molecule has 21 heavy (non-hydrogen) atoms. The number of ether oxygens (including phenoxy) is 1. The molecule has 0 fully saturated rings. The van der Waals surface area contributed by atoms with Crippen molar-refractivity contribution in [3.8, 4) is 11.5 Å². The molecular formula is C16H19NO4. The minimum absolute atomic E-state index is 0.130. The average Bonchev–Trinajstić information content (AvgIpc) is 2.50. The topological polar surface area (TPSA) is 95.9 Å². The lowest BCUT2D eigenvalue weighted by atomic mass is 10.0. The SMILES string of the molecule is Nc1ccc(Oc2ccc(C(O)C(O)CCO)cc2)cc1. The van der Waals surface area contributed by atoms with Crippen LogP contribution in [0.15, 0.2) is 48.5 Å². The Labute approximate surface area is 123 Å². The van der Waals surface area contributed by atoms with Gasteiger partial charge in [0.25, 0.3) is 0 Å². The van der Waals surface area contributed by atoms with Crippen LogP contribution in [0.3, 0.4) is 0 Å². The Balaban J connectivity index is 2.03. The van der Waals surface area contributed by atoms with E-state index in [1.807, 2.05) is 0 Å². The fourth-order valence-corrected chi connectivity index (χ4v) is 1.92. The first-order chi connectivity index (χ1) is 10.1. The van der Waals surface area contributed by atoms with Gasteiger partial charge >= 0.3 is 0 Å².